The largest absolute Gasteiger partial charge is 0.508 e. The maximum atomic E-state index is 12.4. The zero-order valence-corrected chi connectivity index (χ0v) is 13.3. The van der Waals surface area contributed by atoms with Crippen molar-refractivity contribution in [1.29, 1.82) is 0 Å². The number of carbonyl (C=O) groups excluding carboxylic acids is 1. The van der Waals surface area contributed by atoms with Crippen LogP contribution in [0.5, 0.6) is 5.75 Å². The molecule has 0 aromatic heterocycles. The van der Waals surface area contributed by atoms with E-state index in [9.17, 15) is 15.0 Å². The monoisotopic (exact) mass is 300 g/mol. The summed E-state index contributed by atoms with van der Waals surface area (Å²) in [7, 11) is 0. The Bertz CT molecular complexity index is 652. The van der Waals surface area contributed by atoms with Crippen LogP contribution >= 0.6 is 0 Å². The minimum atomic E-state index is -0.850. The van der Waals surface area contributed by atoms with E-state index in [0.29, 0.717) is 30.4 Å². The second-order valence-corrected chi connectivity index (χ2v) is 7.88. The Hall–Kier alpha value is -1.35. The van der Waals surface area contributed by atoms with Crippen molar-refractivity contribution in [3.8, 4) is 5.75 Å². The zero-order chi connectivity index (χ0) is 15.7. The topological polar surface area (TPSA) is 57.5 Å². The van der Waals surface area contributed by atoms with E-state index in [1.54, 1.807) is 6.07 Å². The van der Waals surface area contributed by atoms with E-state index in [1.165, 1.54) is 11.1 Å². The molecule has 22 heavy (non-hydrogen) atoms. The van der Waals surface area contributed by atoms with Gasteiger partial charge in [-0.15, -0.1) is 0 Å². The summed E-state index contributed by atoms with van der Waals surface area (Å²) in [5.41, 5.74) is 1.09. The number of fused-ring (bicyclic) bond motifs is 5. The third-order valence-electron chi connectivity index (χ3n) is 6.97. The fraction of sp³-hybridized carbons (Fsp3) is 0.632. The molecule has 5 atom stereocenters. The van der Waals surface area contributed by atoms with E-state index in [-0.39, 0.29) is 11.7 Å². The molecule has 1 aromatic carbocycles. The molecule has 118 valence electrons. The lowest BCUT2D eigenvalue weighted by Crippen LogP contribution is -2.57. The fourth-order valence-electron chi connectivity index (χ4n) is 5.59. The highest BCUT2D eigenvalue weighted by molar-refractivity contribution is 5.88. The van der Waals surface area contributed by atoms with Crippen LogP contribution in [0, 0.1) is 11.3 Å². The van der Waals surface area contributed by atoms with Gasteiger partial charge in [0.05, 0.1) is 11.0 Å². The summed E-state index contributed by atoms with van der Waals surface area (Å²) >= 11 is 0. The summed E-state index contributed by atoms with van der Waals surface area (Å²) in [5, 5.41) is 21.2. The fourth-order valence-corrected chi connectivity index (χ4v) is 5.59. The van der Waals surface area contributed by atoms with Gasteiger partial charge in [0, 0.05) is 6.42 Å². The molecule has 0 heterocycles. The van der Waals surface area contributed by atoms with Gasteiger partial charge in [0.1, 0.15) is 11.5 Å². The molecular weight excluding hydrogens is 276 g/mol. The van der Waals surface area contributed by atoms with Gasteiger partial charge in [-0.1, -0.05) is 13.0 Å². The van der Waals surface area contributed by atoms with Crippen molar-refractivity contribution in [1.82, 2.24) is 0 Å². The summed E-state index contributed by atoms with van der Waals surface area (Å²) in [6.07, 6.45) is 3.77. The zero-order valence-electron chi connectivity index (χ0n) is 13.3. The van der Waals surface area contributed by atoms with Gasteiger partial charge in [0.15, 0.2) is 0 Å². The van der Waals surface area contributed by atoms with Crippen LogP contribution in [0.3, 0.4) is 0 Å². The molecule has 3 aliphatic carbocycles. The normalized spacial score (nSPS) is 43.4. The maximum Gasteiger partial charge on any atom is 0.141 e. The number of phenolic OH excluding ortho intramolecular Hbond substituents is 1. The first kappa shape index (κ1) is 14.3. The van der Waals surface area contributed by atoms with Crippen LogP contribution in [0.1, 0.15) is 68.9 Å². The van der Waals surface area contributed by atoms with Crippen LogP contribution in [0.25, 0.3) is 0 Å². The van der Waals surface area contributed by atoms with Crippen LogP contribution in [-0.2, 0) is 4.79 Å². The van der Waals surface area contributed by atoms with Crippen molar-refractivity contribution in [2.75, 3.05) is 0 Å². The summed E-state index contributed by atoms with van der Waals surface area (Å²) in [5.74, 6) is 1.35. The van der Waals surface area contributed by atoms with Crippen molar-refractivity contribution in [3.05, 3.63) is 29.3 Å². The van der Waals surface area contributed by atoms with E-state index in [1.807, 2.05) is 19.1 Å². The predicted molar refractivity (Wildman–Crippen MR) is 83.9 cm³/mol. The molecular formula is C19H24O3. The lowest BCUT2D eigenvalue weighted by molar-refractivity contribution is -0.157. The van der Waals surface area contributed by atoms with Crippen LogP contribution in [0.2, 0.25) is 0 Å². The number of phenols is 1. The molecule has 4 rings (SSSR count). The van der Waals surface area contributed by atoms with Crippen molar-refractivity contribution >= 4 is 5.78 Å². The quantitative estimate of drug-likeness (QED) is 0.771. The number of hydrogen-bond donors (Lipinski definition) is 2. The van der Waals surface area contributed by atoms with Gasteiger partial charge >= 0.3 is 0 Å². The van der Waals surface area contributed by atoms with Gasteiger partial charge < -0.3 is 10.2 Å². The summed E-state index contributed by atoms with van der Waals surface area (Å²) < 4.78 is 0. The molecule has 2 N–H and O–H groups in total. The number of hydrogen-bond acceptors (Lipinski definition) is 3. The van der Waals surface area contributed by atoms with E-state index < -0.39 is 11.0 Å². The van der Waals surface area contributed by atoms with Crippen molar-refractivity contribution in [2.45, 2.75) is 63.4 Å². The molecule has 2 saturated carbocycles. The van der Waals surface area contributed by atoms with Crippen LogP contribution in [-0.4, -0.2) is 21.6 Å². The number of aromatic hydroxyl groups is 1. The van der Waals surface area contributed by atoms with Crippen molar-refractivity contribution in [3.63, 3.8) is 0 Å². The molecule has 3 heteroatoms. The highest BCUT2D eigenvalue weighted by Crippen LogP contribution is 2.63. The molecule has 0 saturated heterocycles. The second kappa shape index (κ2) is 4.35. The molecule has 1 aromatic rings. The average molecular weight is 300 g/mol. The molecule has 0 radical (unpaired) electrons. The van der Waals surface area contributed by atoms with Crippen LogP contribution < -0.4 is 0 Å². The predicted octanol–water partition coefficient (Wildman–Crippen LogP) is 3.49. The molecule has 2 fully saturated rings. The van der Waals surface area contributed by atoms with Gasteiger partial charge in [-0.2, -0.15) is 0 Å². The van der Waals surface area contributed by atoms with Gasteiger partial charge in [-0.3, -0.25) is 4.79 Å². The SMILES string of the molecule is C[C@@H]1C[C@@H]2[C@H](CC[C@]3(C)C(=O)CC[C@@]23O)c2ccc(O)cc21. The first-order valence-electron chi connectivity index (χ1n) is 8.45. The Morgan fingerprint density at radius 2 is 2.00 bits per heavy atom. The Balaban J connectivity index is 1.82. The number of aliphatic hydroxyl groups is 1. The first-order chi connectivity index (χ1) is 10.4. The highest BCUT2D eigenvalue weighted by Gasteiger charge is 2.64. The number of carbonyl (C=O) groups is 1. The molecule has 0 spiro atoms. The van der Waals surface area contributed by atoms with E-state index >= 15 is 0 Å². The van der Waals surface area contributed by atoms with E-state index in [2.05, 4.69) is 6.92 Å². The maximum absolute atomic E-state index is 12.4. The number of rotatable bonds is 0. The number of benzene rings is 1. The standard InChI is InChI=1S/C19H24O3/c1-11-9-16-14(13-4-3-12(20)10-15(11)13)5-7-18(2)17(21)6-8-19(16,18)22/h3-4,10-11,14,16,20,22H,5-9H2,1-2H3/t11-,14-,16-,18-,19-/m1/s1. The summed E-state index contributed by atoms with van der Waals surface area (Å²) in [6.45, 7) is 4.15. The number of ketones is 1. The summed E-state index contributed by atoms with van der Waals surface area (Å²) in [6, 6.07) is 5.67. The molecule has 0 amide bonds. The third-order valence-corrected chi connectivity index (χ3v) is 6.97. The molecule has 0 unspecified atom stereocenters. The third kappa shape index (κ3) is 1.58. The first-order valence-corrected chi connectivity index (χ1v) is 8.45. The Morgan fingerprint density at radius 3 is 2.77 bits per heavy atom. The highest BCUT2D eigenvalue weighted by atomic mass is 16.3. The molecule has 3 aliphatic rings. The van der Waals surface area contributed by atoms with Gasteiger partial charge in [0.25, 0.3) is 0 Å². The minimum absolute atomic E-state index is 0.157. The lowest BCUT2D eigenvalue weighted by Gasteiger charge is -2.54. The smallest absolute Gasteiger partial charge is 0.141 e. The Kier molecular flexibility index (Phi) is 2.82. The molecule has 0 bridgehead atoms. The van der Waals surface area contributed by atoms with Crippen molar-refractivity contribution < 1.29 is 15.0 Å². The number of Topliss-reactive ketones (excluding diaryl/α,β-unsaturated/α-hetero) is 1. The Labute approximate surface area is 131 Å². The average Bonchev–Trinajstić information content (AvgIpc) is 2.73. The molecule has 3 nitrogen and oxygen atoms in total. The van der Waals surface area contributed by atoms with E-state index in [4.69, 9.17) is 0 Å². The van der Waals surface area contributed by atoms with Crippen LogP contribution in [0.15, 0.2) is 18.2 Å². The van der Waals surface area contributed by atoms with Gasteiger partial charge in [-0.05, 0) is 73.6 Å². The van der Waals surface area contributed by atoms with Gasteiger partial charge in [0.2, 0.25) is 0 Å². The second-order valence-electron chi connectivity index (χ2n) is 7.88. The Morgan fingerprint density at radius 1 is 1.23 bits per heavy atom. The molecule has 0 aliphatic heterocycles. The van der Waals surface area contributed by atoms with E-state index in [0.717, 1.165) is 19.3 Å². The van der Waals surface area contributed by atoms with Gasteiger partial charge in [-0.25, -0.2) is 0 Å². The minimum Gasteiger partial charge on any atom is -0.508 e. The lowest BCUT2D eigenvalue weighted by atomic mass is 9.52. The van der Waals surface area contributed by atoms with Crippen LogP contribution in [0.4, 0.5) is 0 Å². The van der Waals surface area contributed by atoms with Crippen molar-refractivity contribution in [2.24, 2.45) is 11.3 Å². The summed E-state index contributed by atoms with van der Waals surface area (Å²) in [4.78, 5) is 12.4.